The number of carbonyl (C=O) groups is 1. The van der Waals surface area contributed by atoms with Gasteiger partial charge in [-0.3, -0.25) is 0 Å². The van der Waals surface area contributed by atoms with Crippen molar-refractivity contribution in [2.75, 3.05) is 0 Å². The van der Waals surface area contributed by atoms with Crippen molar-refractivity contribution in [1.82, 2.24) is 0 Å². The first-order valence-electron chi connectivity index (χ1n) is 3.73. The van der Waals surface area contributed by atoms with E-state index >= 15 is 0 Å². The van der Waals surface area contributed by atoms with E-state index in [2.05, 4.69) is 0 Å². The second-order valence-electron chi connectivity index (χ2n) is 3.36. The quantitative estimate of drug-likeness (QED) is 0.582. The van der Waals surface area contributed by atoms with Gasteiger partial charge in [0.25, 0.3) is 0 Å². The maximum absolute atomic E-state index is 13.5. The molecule has 3 heteroatoms. The zero-order valence-corrected chi connectivity index (χ0v) is 5.96. The number of aliphatic carboxylic acids is 1. The molecule has 11 heavy (non-hydrogen) atoms. The van der Waals surface area contributed by atoms with Crippen molar-refractivity contribution >= 4 is 5.97 Å². The highest BCUT2D eigenvalue weighted by Crippen LogP contribution is 2.48. The van der Waals surface area contributed by atoms with Gasteiger partial charge in [0.15, 0.2) is 0 Å². The molecule has 0 aromatic heterocycles. The molecule has 2 aliphatic carbocycles. The fourth-order valence-electron chi connectivity index (χ4n) is 2.04. The molecular formula is C8H9FO2. The first kappa shape index (κ1) is 6.83. The van der Waals surface area contributed by atoms with E-state index in [0.29, 0.717) is 6.42 Å². The first-order valence-corrected chi connectivity index (χ1v) is 3.73. The summed E-state index contributed by atoms with van der Waals surface area (Å²) in [4.78, 5) is 10.5. The lowest BCUT2D eigenvalue weighted by atomic mass is 9.90. The molecule has 2 rings (SSSR count). The van der Waals surface area contributed by atoms with Crippen LogP contribution in [0.3, 0.4) is 0 Å². The molecule has 0 saturated heterocycles. The Labute approximate surface area is 63.7 Å². The van der Waals surface area contributed by atoms with Crippen molar-refractivity contribution < 1.29 is 14.3 Å². The van der Waals surface area contributed by atoms with Crippen LogP contribution in [0.25, 0.3) is 0 Å². The van der Waals surface area contributed by atoms with Crippen LogP contribution in [0, 0.1) is 11.8 Å². The predicted octanol–water partition coefficient (Wildman–Crippen LogP) is 1.38. The lowest BCUT2D eigenvalue weighted by Crippen LogP contribution is -2.37. The summed E-state index contributed by atoms with van der Waals surface area (Å²) in [5.41, 5.74) is -1.96. The molecule has 0 spiro atoms. The Hall–Kier alpha value is -0.860. The van der Waals surface area contributed by atoms with Gasteiger partial charge >= 0.3 is 5.97 Å². The average Bonchev–Trinajstić information content (AvgIpc) is 2.45. The number of halogens is 1. The molecule has 2 bridgehead atoms. The minimum absolute atomic E-state index is 0.168. The highest BCUT2D eigenvalue weighted by Gasteiger charge is 2.54. The van der Waals surface area contributed by atoms with E-state index in [-0.39, 0.29) is 18.3 Å². The second-order valence-corrected chi connectivity index (χ2v) is 3.36. The lowest BCUT2D eigenvalue weighted by Gasteiger charge is -2.21. The number of carboxylic acid groups (broad SMARTS) is 1. The van der Waals surface area contributed by atoms with Crippen LogP contribution in [-0.2, 0) is 4.79 Å². The Morgan fingerprint density at radius 3 is 2.64 bits per heavy atom. The number of fused-ring (bicyclic) bond motifs is 2. The summed E-state index contributed by atoms with van der Waals surface area (Å²) < 4.78 is 13.5. The van der Waals surface area contributed by atoms with Gasteiger partial charge in [-0.2, -0.15) is 0 Å². The maximum Gasteiger partial charge on any atom is 0.342 e. The first-order chi connectivity index (χ1) is 5.13. The van der Waals surface area contributed by atoms with Crippen molar-refractivity contribution in [2.24, 2.45) is 11.8 Å². The Balaban J connectivity index is 2.30. The normalized spacial score (nSPS) is 46.6. The molecule has 60 valence electrons. The van der Waals surface area contributed by atoms with Crippen LogP contribution in [0.5, 0.6) is 0 Å². The summed E-state index contributed by atoms with van der Waals surface area (Å²) in [5, 5.41) is 8.59. The highest BCUT2D eigenvalue weighted by atomic mass is 19.1. The number of allylic oxidation sites excluding steroid dienone is 2. The topological polar surface area (TPSA) is 37.3 Å². The molecule has 1 saturated carbocycles. The van der Waals surface area contributed by atoms with Crippen molar-refractivity contribution in [3.05, 3.63) is 12.2 Å². The summed E-state index contributed by atoms with van der Waals surface area (Å²) >= 11 is 0. The molecule has 0 aromatic carbocycles. The molecule has 0 aromatic rings. The highest BCUT2D eigenvalue weighted by molar-refractivity contribution is 5.79. The summed E-state index contributed by atoms with van der Waals surface area (Å²) in [5.74, 6) is -1.50. The molecule has 1 fully saturated rings. The summed E-state index contributed by atoms with van der Waals surface area (Å²) in [7, 11) is 0. The fourth-order valence-corrected chi connectivity index (χ4v) is 2.04. The number of alkyl halides is 1. The number of hydrogen-bond donors (Lipinski definition) is 1. The van der Waals surface area contributed by atoms with Gasteiger partial charge in [0.1, 0.15) is 0 Å². The van der Waals surface area contributed by atoms with Crippen molar-refractivity contribution in [1.29, 1.82) is 0 Å². The molecule has 1 N–H and O–H groups in total. The van der Waals surface area contributed by atoms with Crippen molar-refractivity contribution in [3.63, 3.8) is 0 Å². The Morgan fingerprint density at radius 1 is 1.64 bits per heavy atom. The average molecular weight is 156 g/mol. The largest absolute Gasteiger partial charge is 0.479 e. The standard InChI is InChI=1S/C8H9FO2/c9-8(7(10)11)4-5-1-2-6(8)3-5/h1-2,5-6H,3-4H2,(H,10,11)/t5-,6+,8-/m0/s1. The minimum Gasteiger partial charge on any atom is -0.479 e. The molecule has 2 nitrogen and oxygen atoms in total. The smallest absolute Gasteiger partial charge is 0.342 e. The Bertz CT molecular complexity index is 236. The van der Waals surface area contributed by atoms with E-state index in [1.165, 1.54) is 0 Å². The van der Waals surface area contributed by atoms with Gasteiger partial charge in [-0.05, 0) is 18.8 Å². The van der Waals surface area contributed by atoms with Gasteiger partial charge in [0, 0.05) is 5.92 Å². The lowest BCUT2D eigenvalue weighted by molar-refractivity contribution is -0.152. The van der Waals surface area contributed by atoms with Gasteiger partial charge < -0.3 is 5.11 Å². The van der Waals surface area contributed by atoms with Crippen LogP contribution >= 0.6 is 0 Å². The van der Waals surface area contributed by atoms with Crippen LogP contribution in [-0.4, -0.2) is 16.7 Å². The summed E-state index contributed by atoms with van der Waals surface area (Å²) in [6, 6.07) is 0. The van der Waals surface area contributed by atoms with Gasteiger partial charge in [-0.25, -0.2) is 9.18 Å². The summed E-state index contributed by atoms with van der Waals surface area (Å²) in [6.07, 6.45) is 4.47. The van der Waals surface area contributed by atoms with E-state index in [0.717, 1.165) is 0 Å². The predicted molar refractivity (Wildman–Crippen MR) is 36.8 cm³/mol. The Kier molecular flexibility index (Phi) is 1.14. The van der Waals surface area contributed by atoms with Gasteiger partial charge in [-0.15, -0.1) is 0 Å². The fraction of sp³-hybridized carbons (Fsp3) is 0.625. The number of hydrogen-bond acceptors (Lipinski definition) is 1. The zero-order chi connectivity index (χ0) is 8.06. The molecule has 0 unspecified atom stereocenters. The van der Waals surface area contributed by atoms with E-state index in [9.17, 15) is 9.18 Å². The molecule has 3 atom stereocenters. The van der Waals surface area contributed by atoms with E-state index in [1.54, 1.807) is 6.08 Å². The summed E-state index contributed by atoms with van der Waals surface area (Å²) in [6.45, 7) is 0. The molecular weight excluding hydrogens is 147 g/mol. The third-order valence-electron chi connectivity index (χ3n) is 2.67. The number of rotatable bonds is 1. The van der Waals surface area contributed by atoms with Gasteiger partial charge in [0.05, 0.1) is 0 Å². The third kappa shape index (κ3) is 0.737. The molecule has 0 amide bonds. The number of carboxylic acids is 1. The molecule has 0 radical (unpaired) electrons. The SMILES string of the molecule is O=C(O)[C@]1(F)C[C@H]2C=C[C@@H]1C2. The second kappa shape index (κ2) is 1.84. The van der Waals surface area contributed by atoms with Gasteiger partial charge in [-0.1, -0.05) is 12.2 Å². The van der Waals surface area contributed by atoms with Crippen LogP contribution < -0.4 is 0 Å². The Morgan fingerprint density at radius 2 is 2.36 bits per heavy atom. The minimum atomic E-state index is -1.96. The van der Waals surface area contributed by atoms with Gasteiger partial charge in [0.2, 0.25) is 5.67 Å². The van der Waals surface area contributed by atoms with E-state index in [1.807, 2.05) is 6.08 Å². The van der Waals surface area contributed by atoms with Crippen LogP contribution in [0.2, 0.25) is 0 Å². The maximum atomic E-state index is 13.5. The van der Waals surface area contributed by atoms with E-state index < -0.39 is 11.6 Å². The van der Waals surface area contributed by atoms with Crippen LogP contribution in [0.4, 0.5) is 4.39 Å². The van der Waals surface area contributed by atoms with Crippen LogP contribution in [0.15, 0.2) is 12.2 Å². The van der Waals surface area contributed by atoms with Crippen molar-refractivity contribution in [2.45, 2.75) is 18.5 Å². The van der Waals surface area contributed by atoms with E-state index in [4.69, 9.17) is 5.11 Å². The third-order valence-corrected chi connectivity index (χ3v) is 2.67. The van der Waals surface area contributed by atoms with Crippen molar-refractivity contribution in [3.8, 4) is 0 Å². The monoisotopic (exact) mass is 156 g/mol. The molecule has 0 aliphatic heterocycles. The molecule has 2 aliphatic rings. The zero-order valence-electron chi connectivity index (χ0n) is 5.96. The van der Waals surface area contributed by atoms with Crippen LogP contribution in [0.1, 0.15) is 12.8 Å². The molecule has 0 heterocycles.